The number of nitrogens with one attached hydrogen (secondary N) is 2. The van der Waals surface area contributed by atoms with Gasteiger partial charge in [-0.15, -0.1) is 24.8 Å². The average Bonchev–Trinajstić information content (AvgIpc) is 2.77. The molecule has 2 aromatic carbocycles. The highest BCUT2D eigenvalue weighted by Gasteiger charge is 2.22. The molecule has 0 atom stereocenters. The molecule has 0 bridgehead atoms. The largest absolute Gasteiger partial charge is 0.362 e. The molecule has 1 aromatic heterocycles. The maximum Gasteiger partial charge on any atom is 0.225 e. The van der Waals surface area contributed by atoms with Crippen molar-refractivity contribution in [3.63, 3.8) is 0 Å². The molecule has 1 fully saturated rings. The lowest BCUT2D eigenvalue weighted by Gasteiger charge is -2.29. The van der Waals surface area contributed by atoms with Gasteiger partial charge in [0.05, 0.1) is 5.52 Å². The van der Waals surface area contributed by atoms with Crippen molar-refractivity contribution in [2.75, 3.05) is 30.9 Å². The molecule has 4 rings (SSSR count). The molecule has 33 heavy (non-hydrogen) atoms. The maximum atomic E-state index is 13.3. The van der Waals surface area contributed by atoms with E-state index in [2.05, 4.69) is 10.6 Å². The van der Waals surface area contributed by atoms with Gasteiger partial charge in [-0.1, -0.05) is 18.2 Å². The Labute approximate surface area is 206 Å². The second-order valence-electron chi connectivity index (χ2n) is 8.52. The van der Waals surface area contributed by atoms with Crippen LogP contribution >= 0.6 is 24.8 Å². The summed E-state index contributed by atoms with van der Waals surface area (Å²) in [5.74, 6) is 0.589. The predicted octanol–water partition coefficient (Wildman–Crippen LogP) is 5.58. The van der Waals surface area contributed by atoms with Crippen molar-refractivity contribution < 1.29 is 8.78 Å². The molecule has 3 aromatic rings. The minimum absolute atomic E-state index is 0. The first-order chi connectivity index (χ1) is 15.0. The summed E-state index contributed by atoms with van der Waals surface area (Å²) >= 11 is 0. The SMILES string of the molecule is CN(C)c1nc(NC2CCC(CNCc3ccc(F)c(F)c3)CC2)nc2ccccc12.Cl.Cl. The molecule has 1 aliphatic carbocycles. The summed E-state index contributed by atoms with van der Waals surface area (Å²) in [4.78, 5) is 11.5. The Hall–Kier alpha value is -2.22. The first kappa shape index (κ1) is 27.0. The Balaban J connectivity index is 0.00000193. The number of hydrogen-bond acceptors (Lipinski definition) is 5. The van der Waals surface area contributed by atoms with E-state index in [1.165, 1.54) is 12.1 Å². The van der Waals surface area contributed by atoms with E-state index in [-0.39, 0.29) is 24.8 Å². The summed E-state index contributed by atoms with van der Waals surface area (Å²) < 4.78 is 26.3. The van der Waals surface area contributed by atoms with Gasteiger partial charge in [0.1, 0.15) is 5.82 Å². The minimum atomic E-state index is -0.803. The van der Waals surface area contributed by atoms with Gasteiger partial charge in [-0.2, -0.15) is 4.98 Å². The van der Waals surface area contributed by atoms with Crippen LogP contribution in [0.15, 0.2) is 42.5 Å². The fourth-order valence-corrected chi connectivity index (χ4v) is 4.23. The van der Waals surface area contributed by atoms with Crippen molar-refractivity contribution in [1.29, 1.82) is 0 Å². The number of anilines is 2. The second-order valence-corrected chi connectivity index (χ2v) is 8.52. The molecule has 2 N–H and O–H groups in total. The monoisotopic (exact) mass is 497 g/mol. The van der Waals surface area contributed by atoms with E-state index >= 15 is 0 Å². The lowest BCUT2D eigenvalue weighted by atomic mass is 9.86. The summed E-state index contributed by atoms with van der Waals surface area (Å²) in [5.41, 5.74) is 1.71. The molecular weight excluding hydrogens is 467 g/mol. The van der Waals surface area contributed by atoms with Crippen molar-refractivity contribution in [3.8, 4) is 0 Å². The van der Waals surface area contributed by atoms with Crippen LogP contribution in [0.5, 0.6) is 0 Å². The van der Waals surface area contributed by atoms with Crippen molar-refractivity contribution >= 4 is 47.5 Å². The fourth-order valence-electron chi connectivity index (χ4n) is 4.23. The lowest BCUT2D eigenvalue weighted by molar-refractivity contribution is 0.323. The van der Waals surface area contributed by atoms with Crippen LogP contribution < -0.4 is 15.5 Å². The van der Waals surface area contributed by atoms with Crippen LogP contribution in [-0.2, 0) is 6.54 Å². The summed E-state index contributed by atoms with van der Waals surface area (Å²) in [6.45, 7) is 1.43. The smallest absolute Gasteiger partial charge is 0.225 e. The number of aromatic nitrogens is 2. The highest BCUT2D eigenvalue weighted by atomic mass is 35.5. The van der Waals surface area contributed by atoms with Gasteiger partial charge in [-0.05, 0) is 68.0 Å². The number of hydrogen-bond donors (Lipinski definition) is 2. The summed E-state index contributed by atoms with van der Waals surface area (Å²) in [5, 5.41) is 7.97. The summed E-state index contributed by atoms with van der Waals surface area (Å²) in [6.07, 6.45) is 4.34. The zero-order chi connectivity index (χ0) is 21.8. The highest BCUT2D eigenvalue weighted by molar-refractivity contribution is 5.90. The minimum Gasteiger partial charge on any atom is -0.362 e. The molecule has 180 valence electrons. The van der Waals surface area contributed by atoms with E-state index in [9.17, 15) is 8.78 Å². The summed E-state index contributed by atoms with van der Waals surface area (Å²) in [7, 11) is 3.99. The number of benzene rings is 2. The highest BCUT2D eigenvalue weighted by Crippen LogP contribution is 2.28. The predicted molar refractivity (Wildman–Crippen MR) is 136 cm³/mol. The van der Waals surface area contributed by atoms with E-state index in [0.29, 0.717) is 24.5 Å². The number of para-hydroxylation sites is 1. The van der Waals surface area contributed by atoms with Crippen LogP contribution in [0.4, 0.5) is 20.5 Å². The van der Waals surface area contributed by atoms with E-state index in [4.69, 9.17) is 9.97 Å². The van der Waals surface area contributed by atoms with Crippen LogP contribution in [0.2, 0.25) is 0 Å². The third-order valence-electron chi connectivity index (χ3n) is 5.93. The third kappa shape index (κ3) is 6.88. The molecule has 0 radical (unpaired) electrons. The molecule has 1 heterocycles. The molecule has 0 aliphatic heterocycles. The number of halogens is 4. The topological polar surface area (TPSA) is 53.1 Å². The first-order valence-corrected chi connectivity index (χ1v) is 10.8. The van der Waals surface area contributed by atoms with E-state index in [0.717, 1.165) is 54.5 Å². The summed E-state index contributed by atoms with van der Waals surface area (Å²) in [6, 6.07) is 12.5. The van der Waals surface area contributed by atoms with Gasteiger partial charge in [-0.25, -0.2) is 13.8 Å². The van der Waals surface area contributed by atoms with Crippen molar-refractivity contribution in [1.82, 2.24) is 15.3 Å². The normalized spacial score (nSPS) is 17.7. The molecule has 0 spiro atoms. The Bertz CT molecular complexity index is 1040. The van der Waals surface area contributed by atoms with Gasteiger partial charge in [0.2, 0.25) is 5.95 Å². The molecule has 1 aliphatic rings. The van der Waals surface area contributed by atoms with Gasteiger partial charge in [0, 0.05) is 32.1 Å². The Morgan fingerprint density at radius 1 is 0.939 bits per heavy atom. The van der Waals surface area contributed by atoms with Crippen LogP contribution in [0.1, 0.15) is 31.2 Å². The fraction of sp³-hybridized carbons (Fsp3) is 0.417. The molecule has 0 saturated heterocycles. The van der Waals surface area contributed by atoms with Gasteiger partial charge < -0.3 is 15.5 Å². The van der Waals surface area contributed by atoms with Gasteiger partial charge in [0.15, 0.2) is 11.6 Å². The van der Waals surface area contributed by atoms with Crippen LogP contribution in [-0.4, -0.2) is 36.6 Å². The standard InChI is InChI=1S/C24H29F2N5.2ClH/c1-31(2)23-19-5-3-4-6-22(19)29-24(30-23)28-18-10-7-16(8-11-18)14-27-15-17-9-12-20(25)21(26)13-17;;/h3-6,9,12-13,16,18,27H,7-8,10-11,14-15H2,1-2H3,(H,28,29,30);2*1H. The Morgan fingerprint density at radius 3 is 2.36 bits per heavy atom. The maximum absolute atomic E-state index is 13.3. The van der Waals surface area contributed by atoms with E-state index in [1.54, 1.807) is 6.07 Å². The third-order valence-corrected chi connectivity index (χ3v) is 5.93. The molecule has 0 unspecified atom stereocenters. The van der Waals surface area contributed by atoms with Crippen molar-refractivity contribution in [2.45, 2.75) is 38.3 Å². The molecule has 1 saturated carbocycles. The van der Waals surface area contributed by atoms with Gasteiger partial charge in [0.25, 0.3) is 0 Å². The Morgan fingerprint density at radius 2 is 1.67 bits per heavy atom. The molecule has 5 nitrogen and oxygen atoms in total. The van der Waals surface area contributed by atoms with Crippen LogP contribution in [0, 0.1) is 17.6 Å². The average molecular weight is 498 g/mol. The van der Waals surface area contributed by atoms with Crippen molar-refractivity contribution in [2.24, 2.45) is 5.92 Å². The molecule has 9 heteroatoms. The molecule has 0 amide bonds. The van der Waals surface area contributed by atoms with E-state index < -0.39 is 11.6 Å². The zero-order valence-electron chi connectivity index (χ0n) is 18.9. The number of nitrogens with zero attached hydrogens (tertiary/aromatic N) is 3. The zero-order valence-corrected chi connectivity index (χ0v) is 20.5. The second kappa shape index (κ2) is 12.3. The quantitative estimate of drug-likeness (QED) is 0.446. The number of fused-ring (bicyclic) bond motifs is 1. The van der Waals surface area contributed by atoms with Gasteiger partial charge in [-0.3, -0.25) is 0 Å². The van der Waals surface area contributed by atoms with Crippen LogP contribution in [0.25, 0.3) is 10.9 Å². The number of rotatable bonds is 7. The van der Waals surface area contributed by atoms with Crippen LogP contribution in [0.3, 0.4) is 0 Å². The van der Waals surface area contributed by atoms with E-state index in [1.807, 2.05) is 43.3 Å². The Kier molecular flexibility index (Phi) is 10.1. The lowest BCUT2D eigenvalue weighted by Crippen LogP contribution is -2.31. The van der Waals surface area contributed by atoms with Crippen molar-refractivity contribution in [3.05, 3.63) is 59.7 Å². The van der Waals surface area contributed by atoms with Gasteiger partial charge >= 0.3 is 0 Å². The first-order valence-electron chi connectivity index (χ1n) is 10.8. The molecular formula is C24H31Cl2F2N5.